The highest BCUT2D eigenvalue weighted by Gasteiger charge is 2.29. The minimum Gasteiger partial charge on any atom is -0.481 e. The lowest BCUT2D eigenvalue weighted by Gasteiger charge is -2.33. The topological polar surface area (TPSA) is 461 Å². The third-order valence-corrected chi connectivity index (χ3v) is 15.3. The molecule has 0 radical (unpaired) electrons. The van der Waals surface area contributed by atoms with Gasteiger partial charge in [-0.25, -0.2) is 19.2 Å². The molecule has 2 unspecified atom stereocenters. The van der Waals surface area contributed by atoms with Gasteiger partial charge in [0.1, 0.15) is 24.2 Å². The van der Waals surface area contributed by atoms with E-state index in [1.165, 1.54) is 0 Å². The fourth-order valence-corrected chi connectivity index (χ4v) is 9.92. The second kappa shape index (κ2) is 45.9. The molecule has 90 heavy (non-hydrogen) atoms. The number of unbranched alkanes of at least 4 members (excludes halogenated alkanes) is 6. The molecule has 32 heteroatoms. The maximum Gasteiger partial charge on any atom is 0.326 e. The predicted octanol–water partition coefficient (Wildman–Crippen LogP) is 0.414. The van der Waals surface area contributed by atoms with E-state index in [-0.39, 0.29) is 148 Å². The number of carbonyl (C=O) groups is 13. The fraction of sp³-hybridized carbons (Fsp3) is 0.672. The number of hydrogen-bond donors (Lipinski definition) is 14. The number of carboxylic acid groups (broad SMARTS) is 7. The van der Waals surface area contributed by atoms with Crippen LogP contribution in [0, 0.1) is 3.57 Å². The van der Waals surface area contributed by atoms with Gasteiger partial charge in [-0.3, -0.25) is 62.8 Å². The first-order chi connectivity index (χ1) is 42.8. The molecule has 0 spiro atoms. The van der Waals surface area contributed by atoms with Crippen LogP contribution in [0.5, 0.6) is 0 Å². The number of nitrogens with zero attached hydrogens (tertiary/aromatic N) is 4. The first-order valence-corrected chi connectivity index (χ1v) is 31.5. The maximum absolute atomic E-state index is 13.9. The summed E-state index contributed by atoms with van der Waals surface area (Å²) in [5.41, 5.74) is 1.11. The van der Waals surface area contributed by atoms with Gasteiger partial charge < -0.3 is 73.0 Å². The molecule has 1 fully saturated rings. The molecule has 1 aromatic rings. The summed E-state index contributed by atoms with van der Waals surface area (Å²) in [6.45, 7) is 0.592. The molecule has 7 amide bonds. The minimum atomic E-state index is -1.53. The van der Waals surface area contributed by atoms with Crippen LogP contribution in [0.1, 0.15) is 128 Å². The van der Waals surface area contributed by atoms with E-state index in [1.807, 2.05) is 24.3 Å². The van der Waals surface area contributed by atoms with Crippen molar-refractivity contribution in [2.24, 2.45) is 0 Å². The Bertz CT molecular complexity index is 2450. The number of halogens is 1. The van der Waals surface area contributed by atoms with Crippen LogP contribution in [0.25, 0.3) is 0 Å². The Morgan fingerprint density at radius 2 is 0.722 bits per heavy atom. The number of amides is 7. The van der Waals surface area contributed by atoms with E-state index >= 15 is 0 Å². The number of rotatable bonds is 45. The van der Waals surface area contributed by atoms with Crippen molar-refractivity contribution < 1.29 is 98.1 Å². The van der Waals surface area contributed by atoms with E-state index in [0.717, 1.165) is 15.6 Å². The number of urea groups is 1. The van der Waals surface area contributed by atoms with Crippen molar-refractivity contribution in [3.8, 4) is 0 Å². The van der Waals surface area contributed by atoms with Gasteiger partial charge in [-0.2, -0.15) is 0 Å². The van der Waals surface area contributed by atoms with E-state index in [1.54, 1.807) is 19.6 Å². The number of carbonyl (C=O) groups excluding carboxylic acids is 6. The molecule has 1 aliphatic heterocycles. The first kappa shape index (κ1) is 78.8. The van der Waals surface area contributed by atoms with Crippen LogP contribution < -0.4 is 37.2 Å². The summed E-state index contributed by atoms with van der Waals surface area (Å²) in [6, 6.07) is 1.47. The first-order valence-electron chi connectivity index (χ1n) is 30.5. The van der Waals surface area contributed by atoms with Gasteiger partial charge in [-0.05, 0) is 130 Å². The Morgan fingerprint density at radius 3 is 1.10 bits per heavy atom. The van der Waals surface area contributed by atoms with Crippen molar-refractivity contribution in [2.45, 2.75) is 153 Å². The summed E-state index contributed by atoms with van der Waals surface area (Å²) in [7, 11) is 0. The maximum atomic E-state index is 13.9. The van der Waals surface area contributed by atoms with E-state index in [9.17, 15) is 93.0 Å². The lowest BCUT2D eigenvalue weighted by atomic mass is 10.1. The van der Waals surface area contributed by atoms with Crippen LogP contribution in [0.2, 0.25) is 0 Å². The van der Waals surface area contributed by atoms with Gasteiger partial charge >= 0.3 is 47.8 Å². The largest absolute Gasteiger partial charge is 0.481 e. The van der Waals surface area contributed by atoms with E-state index in [2.05, 4.69) is 59.8 Å². The zero-order chi connectivity index (χ0) is 66.8. The normalized spacial score (nSPS) is 15.0. The summed E-state index contributed by atoms with van der Waals surface area (Å²) in [5, 5.41) is 84.4. The van der Waals surface area contributed by atoms with Crippen molar-refractivity contribution >= 4 is 99.9 Å². The van der Waals surface area contributed by atoms with Gasteiger partial charge in [0.15, 0.2) is 0 Å². The average Bonchev–Trinajstić information content (AvgIpc) is 2.83. The van der Waals surface area contributed by atoms with Crippen molar-refractivity contribution in [3.05, 3.63) is 33.4 Å². The van der Waals surface area contributed by atoms with Crippen molar-refractivity contribution in [3.63, 3.8) is 0 Å². The van der Waals surface area contributed by atoms with Crippen LogP contribution in [-0.4, -0.2) is 255 Å². The van der Waals surface area contributed by atoms with Crippen LogP contribution in [0.4, 0.5) is 4.79 Å². The highest BCUT2D eigenvalue weighted by Crippen LogP contribution is 2.12. The molecule has 1 aliphatic rings. The molecule has 14 N–H and O–H groups in total. The molecule has 0 bridgehead atoms. The highest BCUT2D eigenvalue weighted by molar-refractivity contribution is 14.1. The third-order valence-electron chi connectivity index (χ3n) is 14.6. The molecule has 0 aromatic heterocycles. The fourth-order valence-electron chi connectivity index (χ4n) is 9.56. The summed E-state index contributed by atoms with van der Waals surface area (Å²) in [4.78, 5) is 166. The quantitative estimate of drug-likeness (QED) is 0.0311. The summed E-state index contributed by atoms with van der Waals surface area (Å²) < 4.78 is 1.11. The molecule has 0 saturated carbocycles. The number of aryl methyl sites for hydroxylation is 1. The molecule has 1 saturated heterocycles. The van der Waals surface area contributed by atoms with Gasteiger partial charge in [0, 0.05) is 101 Å². The zero-order valence-corrected chi connectivity index (χ0v) is 53.1. The monoisotopic (exact) mass is 1390 g/mol. The Morgan fingerprint density at radius 1 is 0.367 bits per heavy atom. The Balaban J connectivity index is 1.90. The Hall–Kier alpha value is -7.30. The second-order valence-corrected chi connectivity index (χ2v) is 23.3. The molecular formula is C58H92IN11O20. The summed E-state index contributed by atoms with van der Waals surface area (Å²) >= 11 is 2.22. The van der Waals surface area contributed by atoms with Crippen molar-refractivity contribution in [1.29, 1.82) is 0 Å². The number of benzene rings is 1. The summed E-state index contributed by atoms with van der Waals surface area (Å²) in [6.07, 6.45) is 5.74. The van der Waals surface area contributed by atoms with Crippen LogP contribution >= 0.6 is 22.6 Å². The molecular weight excluding hydrogens is 1300 g/mol. The minimum absolute atomic E-state index is 0.0110. The molecule has 506 valence electrons. The standard InChI is InChI=1S/C58H92IN11O20/c59-41-21-19-40(20-22-41)12-11-18-48(73)62-25-8-5-13-42(63-49(74)36-67-28-30-68(37-51(77)78)32-34-70(39-53(81)82)35-33-69(31-29-67)38-52(79)80)54(83)64-43(55(84)85)14-6-9-26-60-46(71)16-3-1-2-4-17-47(72)61-27-10-7-15-44(56(86)87)65-58(90)66-45(57(88)89)23-24-50(75)76/h19-22,42-45H,1-18,23-39H2,(H,60,71)(H,61,72)(H,62,73)(H,63,74)(H,64,83)(H,75,76)(H,77,78)(H,79,80)(H,81,82)(H,84,85)(H,86,87)(H,88,89)(H2,65,66,90)/t42?,43?,44-,45-/m0/s1. The molecule has 0 aliphatic carbocycles. The third kappa shape index (κ3) is 39.0. The van der Waals surface area contributed by atoms with Gasteiger partial charge in [0.05, 0.1) is 26.2 Å². The van der Waals surface area contributed by atoms with Gasteiger partial charge in [0.25, 0.3) is 0 Å². The molecule has 4 atom stereocenters. The number of nitrogens with one attached hydrogen (secondary N) is 7. The number of aliphatic carboxylic acids is 7. The molecule has 2 rings (SSSR count). The number of carboxylic acids is 7. The number of hydrogen-bond acceptors (Lipinski definition) is 17. The van der Waals surface area contributed by atoms with Gasteiger partial charge in [-0.1, -0.05) is 25.0 Å². The van der Waals surface area contributed by atoms with E-state index in [0.29, 0.717) is 77.0 Å². The summed E-state index contributed by atoms with van der Waals surface area (Å²) in [5.74, 6) is -10.7. The van der Waals surface area contributed by atoms with Crippen molar-refractivity contribution in [1.82, 2.24) is 56.8 Å². The second-order valence-electron chi connectivity index (χ2n) is 22.1. The lowest BCUT2D eigenvalue weighted by Crippen LogP contribution is -2.54. The molecule has 1 aromatic carbocycles. The Labute approximate surface area is 536 Å². The lowest BCUT2D eigenvalue weighted by molar-refractivity contribution is -0.143. The SMILES string of the molecule is O=C(O)CC[C@H](NC(=O)N[C@@H](CCCCNC(=O)CCCCCCC(=O)NCCCCC(NC(=O)C(CCCCNC(=O)CCCc1ccc(I)cc1)NC(=O)CN1CCN(CC(=O)O)CCN(CC(=O)O)CCN(CC(=O)O)CC1)C(=O)O)C(=O)O)C(=O)O. The smallest absolute Gasteiger partial charge is 0.326 e. The van der Waals surface area contributed by atoms with E-state index in [4.69, 9.17) is 5.11 Å². The highest BCUT2D eigenvalue weighted by atomic mass is 127. The van der Waals surface area contributed by atoms with Gasteiger partial charge in [0.2, 0.25) is 29.5 Å². The van der Waals surface area contributed by atoms with Crippen LogP contribution in [-0.2, 0) is 64.0 Å². The van der Waals surface area contributed by atoms with Crippen molar-refractivity contribution in [2.75, 3.05) is 98.2 Å². The van der Waals surface area contributed by atoms with Gasteiger partial charge in [-0.15, -0.1) is 0 Å². The Kier molecular flexibility index (Phi) is 40.2. The van der Waals surface area contributed by atoms with Crippen LogP contribution in [0.3, 0.4) is 0 Å². The molecule has 1 heterocycles. The average molecular weight is 1390 g/mol. The zero-order valence-electron chi connectivity index (χ0n) is 51.0. The molecule has 31 nitrogen and oxygen atoms in total. The van der Waals surface area contributed by atoms with Crippen LogP contribution in [0.15, 0.2) is 24.3 Å². The van der Waals surface area contributed by atoms with E-state index < -0.39 is 96.6 Å². The predicted molar refractivity (Wildman–Crippen MR) is 332 cm³/mol.